The van der Waals surface area contributed by atoms with E-state index >= 15 is 0 Å². The molecule has 4 aliphatic rings. The lowest BCUT2D eigenvalue weighted by Gasteiger charge is -2.65. The quantitative estimate of drug-likeness (QED) is 0.781. The van der Waals surface area contributed by atoms with Crippen LogP contribution in [0, 0.1) is 34.5 Å². The van der Waals surface area contributed by atoms with Gasteiger partial charge in [-0.2, -0.15) is 0 Å². The minimum Gasteiger partial charge on any atom is -0.493 e. The first-order chi connectivity index (χ1) is 13.1. The smallest absolute Gasteiger partial charge is 0.203 e. The fourth-order valence-corrected chi connectivity index (χ4v) is 6.96. The Balaban J connectivity index is 1.97. The van der Waals surface area contributed by atoms with Crippen LogP contribution < -0.4 is 0 Å². The summed E-state index contributed by atoms with van der Waals surface area (Å²) in [5, 5.41) is 10.4. The molecule has 1 heterocycles. The lowest BCUT2D eigenvalue weighted by molar-refractivity contribution is -0.272. The van der Waals surface area contributed by atoms with Crippen molar-refractivity contribution in [2.45, 2.75) is 52.9 Å². The molecule has 28 heavy (non-hydrogen) atoms. The highest BCUT2D eigenvalue weighted by Gasteiger charge is 2.71. The Hall–Kier alpha value is -1.66. The number of hydrogen-bond acceptors (Lipinski definition) is 6. The molecule has 0 aromatic heterocycles. The second kappa shape index (κ2) is 6.17. The van der Waals surface area contributed by atoms with Gasteiger partial charge in [-0.1, -0.05) is 20.8 Å². The van der Waals surface area contributed by atoms with Crippen molar-refractivity contribution in [1.29, 1.82) is 0 Å². The Morgan fingerprint density at radius 3 is 2.46 bits per heavy atom. The van der Waals surface area contributed by atoms with Crippen LogP contribution in [0.15, 0.2) is 23.2 Å². The molecule has 0 bridgehead atoms. The summed E-state index contributed by atoms with van der Waals surface area (Å²) in [6.07, 6.45) is 1.70. The van der Waals surface area contributed by atoms with Gasteiger partial charge in [-0.25, -0.2) is 0 Å². The zero-order chi connectivity index (χ0) is 20.6. The largest absolute Gasteiger partial charge is 0.493 e. The number of Topliss-reactive ketones (excluding diaryl/α,β-unsaturated/α-hetero) is 2. The average molecular weight is 390 g/mol. The summed E-state index contributed by atoms with van der Waals surface area (Å²) in [5.41, 5.74) is -0.644. The monoisotopic (exact) mass is 390 g/mol. The van der Waals surface area contributed by atoms with Crippen LogP contribution in [0.25, 0.3) is 0 Å². The van der Waals surface area contributed by atoms with Crippen molar-refractivity contribution in [3.63, 3.8) is 0 Å². The maximum absolute atomic E-state index is 13.7. The van der Waals surface area contributed by atoms with Crippen molar-refractivity contribution in [2.24, 2.45) is 34.5 Å². The molecule has 3 aliphatic carbocycles. The first kappa shape index (κ1) is 19.6. The third-order valence-corrected chi connectivity index (χ3v) is 8.22. The lowest BCUT2D eigenvalue weighted by Crippen LogP contribution is -2.69. The highest BCUT2D eigenvalue weighted by Crippen LogP contribution is 2.67. The number of aliphatic hydroxyl groups excluding tert-OH is 1. The van der Waals surface area contributed by atoms with Gasteiger partial charge in [-0.3, -0.25) is 9.59 Å². The summed E-state index contributed by atoms with van der Waals surface area (Å²) in [4.78, 5) is 27.3. The Bertz CT molecular complexity index is 797. The van der Waals surface area contributed by atoms with Crippen molar-refractivity contribution >= 4 is 11.6 Å². The van der Waals surface area contributed by atoms with Gasteiger partial charge < -0.3 is 19.3 Å². The third kappa shape index (κ3) is 2.16. The Labute approximate surface area is 165 Å². The van der Waals surface area contributed by atoms with Crippen molar-refractivity contribution in [3.05, 3.63) is 23.2 Å². The molecule has 6 heteroatoms. The Morgan fingerprint density at radius 2 is 1.86 bits per heavy atom. The summed E-state index contributed by atoms with van der Waals surface area (Å²) in [5.74, 6) is -0.284. The van der Waals surface area contributed by atoms with Crippen molar-refractivity contribution < 1.29 is 28.9 Å². The van der Waals surface area contributed by atoms with E-state index in [2.05, 4.69) is 13.8 Å². The van der Waals surface area contributed by atoms with Crippen LogP contribution in [0.3, 0.4) is 0 Å². The minimum absolute atomic E-state index is 0.0501. The second-order valence-corrected chi connectivity index (χ2v) is 9.30. The van der Waals surface area contributed by atoms with Gasteiger partial charge in [0.25, 0.3) is 0 Å². The van der Waals surface area contributed by atoms with Gasteiger partial charge in [0, 0.05) is 23.2 Å². The molecule has 6 nitrogen and oxygen atoms in total. The molecule has 154 valence electrons. The molecule has 4 rings (SSSR count). The predicted octanol–water partition coefficient (Wildman–Crippen LogP) is 2.61. The maximum atomic E-state index is 13.7. The van der Waals surface area contributed by atoms with E-state index in [9.17, 15) is 14.7 Å². The summed E-state index contributed by atoms with van der Waals surface area (Å²) in [7, 11) is 3.00. The van der Waals surface area contributed by atoms with Crippen LogP contribution in [0.5, 0.6) is 0 Å². The normalized spacial score (nSPS) is 47.9. The van der Waals surface area contributed by atoms with Crippen LogP contribution >= 0.6 is 0 Å². The van der Waals surface area contributed by atoms with E-state index in [0.29, 0.717) is 24.4 Å². The van der Waals surface area contributed by atoms with Crippen LogP contribution in [0.2, 0.25) is 0 Å². The number of hydrogen-bond donors (Lipinski definition) is 1. The number of methoxy groups -OCH3 is 2. The average Bonchev–Trinajstić information content (AvgIpc) is 2.63. The van der Waals surface area contributed by atoms with Gasteiger partial charge in [0.05, 0.1) is 20.3 Å². The Morgan fingerprint density at radius 1 is 1.18 bits per heavy atom. The zero-order valence-electron chi connectivity index (χ0n) is 17.4. The molecule has 1 N–H and O–H groups in total. The first-order valence-electron chi connectivity index (χ1n) is 10.0. The van der Waals surface area contributed by atoms with Crippen molar-refractivity contribution in [1.82, 2.24) is 0 Å². The molecular formula is C22H30O6. The highest BCUT2D eigenvalue weighted by atomic mass is 16.6. The number of aliphatic hydroxyl groups is 1. The van der Waals surface area contributed by atoms with Gasteiger partial charge in [0.1, 0.15) is 0 Å². The van der Waals surface area contributed by atoms with Gasteiger partial charge in [0.2, 0.25) is 11.6 Å². The molecule has 0 radical (unpaired) electrons. The number of ether oxygens (including phenoxy) is 3. The topological polar surface area (TPSA) is 82.1 Å². The predicted molar refractivity (Wildman–Crippen MR) is 101 cm³/mol. The third-order valence-electron chi connectivity index (χ3n) is 8.22. The van der Waals surface area contributed by atoms with E-state index in [1.165, 1.54) is 14.2 Å². The van der Waals surface area contributed by atoms with Crippen molar-refractivity contribution in [3.8, 4) is 0 Å². The molecule has 1 unspecified atom stereocenters. The van der Waals surface area contributed by atoms with Gasteiger partial charge in [-0.05, 0) is 42.7 Å². The number of carbonyl (C=O) groups excluding carboxylic acids is 2. The van der Waals surface area contributed by atoms with E-state index in [4.69, 9.17) is 14.2 Å². The van der Waals surface area contributed by atoms with Gasteiger partial charge in [-0.15, -0.1) is 0 Å². The number of rotatable bonds is 2. The van der Waals surface area contributed by atoms with E-state index in [0.717, 1.165) is 5.57 Å². The molecule has 0 amide bonds. The molecule has 8 atom stereocenters. The number of carbonyl (C=O) groups is 2. The summed E-state index contributed by atoms with van der Waals surface area (Å²) < 4.78 is 16.9. The first-order valence-corrected chi connectivity index (χ1v) is 10.0. The highest BCUT2D eigenvalue weighted by molar-refractivity contribution is 6.07. The number of ketones is 2. The SMILES string of the molecule is COC1=C[C@H](C)[C@H]2C[C@@H]3OC(O)C[C@@H]4C(C)=C(OC)C(=O)[C@@H]([C@]2(C)C1=O)[C@]34C. The number of allylic oxidation sites excluding steroid dienone is 4. The molecule has 1 saturated heterocycles. The molecular weight excluding hydrogens is 360 g/mol. The fraction of sp³-hybridized carbons (Fsp3) is 0.727. The van der Waals surface area contributed by atoms with Crippen LogP contribution in [-0.4, -0.2) is 43.3 Å². The molecule has 0 spiro atoms. The molecule has 1 aliphatic heterocycles. The standard InChI is InChI=1S/C22H30O6/c1-10-7-14(26-5)20(25)22(4)12(10)8-15-21(3)13(9-16(23)28-15)11(2)18(27-6)17(24)19(21)22/h7,10,12-13,15-16,19,23H,8-9H2,1-6H3/t10-,12+,13+,15-,16?,19+,21-,22+/m0/s1. The summed E-state index contributed by atoms with van der Waals surface area (Å²) in [6, 6.07) is 0. The second-order valence-electron chi connectivity index (χ2n) is 9.30. The van der Waals surface area contributed by atoms with Crippen molar-refractivity contribution in [2.75, 3.05) is 14.2 Å². The molecule has 1 saturated carbocycles. The minimum atomic E-state index is -0.907. The van der Waals surface area contributed by atoms with E-state index in [1.807, 2.05) is 19.9 Å². The summed E-state index contributed by atoms with van der Waals surface area (Å²) in [6.45, 7) is 7.93. The van der Waals surface area contributed by atoms with Gasteiger partial charge in [0.15, 0.2) is 17.8 Å². The molecule has 0 aromatic carbocycles. The zero-order valence-corrected chi connectivity index (χ0v) is 17.4. The van der Waals surface area contributed by atoms with Crippen LogP contribution in [-0.2, 0) is 23.8 Å². The van der Waals surface area contributed by atoms with E-state index in [-0.39, 0.29) is 35.4 Å². The van der Waals surface area contributed by atoms with E-state index < -0.39 is 23.0 Å². The maximum Gasteiger partial charge on any atom is 0.203 e. The fourth-order valence-electron chi connectivity index (χ4n) is 6.96. The van der Waals surface area contributed by atoms with Crippen LogP contribution in [0.1, 0.15) is 40.5 Å². The lowest BCUT2D eigenvalue weighted by atomic mass is 9.40. The summed E-state index contributed by atoms with van der Waals surface area (Å²) >= 11 is 0. The molecule has 0 aromatic rings. The van der Waals surface area contributed by atoms with Crippen LogP contribution in [0.4, 0.5) is 0 Å². The Kier molecular flexibility index (Phi) is 4.33. The molecule has 2 fully saturated rings. The van der Waals surface area contributed by atoms with E-state index in [1.54, 1.807) is 0 Å². The number of fused-ring (bicyclic) bond motifs is 2. The van der Waals surface area contributed by atoms with Gasteiger partial charge >= 0.3 is 0 Å².